The molecule has 1 fully saturated rings. The Hall–Kier alpha value is -5.64. The highest BCUT2D eigenvalue weighted by molar-refractivity contribution is 7.13. The Kier molecular flexibility index (Phi) is 11.2. The molecule has 6 aromatic rings. The first-order valence-corrected chi connectivity index (χ1v) is 19.5. The third-order valence-electron chi connectivity index (χ3n) is 10.1. The average molecular weight is 779 g/mol. The molecule has 0 spiro atoms. The molecular weight excluding hydrogens is 733 g/mol. The fraction of sp³-hybridized carbons (Fsp3) is 0.366. The monoisotopic (exact) mass is 778 g/mol. The van der Waals surface area contributed by atoms with Crippen molar-refractivity contribution in [3.8, 4) is 33.3 Å². The molecule has 56 heavy (non-hydrogen) atoms. The van der Waals surface area contributed by atoms with E-state index in [0.717, 1.165) is 32.8 Å². The second-order valence-electron chi connectivity index (χ2n) is 15.0. The predicted octanol–water partition coefficient (Wildman–Crippen LogP) is 5.67. The van der Waals surface area contributed by atoms with Gasteiger partial charge in [-0.3, -0.25) is 9.59 Å². The molecule has 1 aliphatic rings. The maximum atomic E-state index is 14.1. The number of nitrogens with one attached hydrogen (secondary N) is 3. The molecule has 15 heteroatoms. The lowest BCUT2D eigenvalue weighted by atomic mass is 9.91. The largest absolute Gasteiger partial charge is 0.507 e. The quantitative estimate of drug-likeness (QED) is 0.0857. The Morgan fingerprint density at radius 1 is 1.11 bits per heavy atom. The van der Waals surface area contributed by atoms with Crippen LogP contribution in [0.5, 0.6) is 11.6 Å². The van der Waals surface area contributed by atoms with Crippen LogP contribution in [-0.4, -0.2) is 84.1 Å². The average Bonchev–Trinajstić information content (AvgIpc) is 3.98. The number of para-hydroxylation sites is 1. The van der Waals surface area contributed by atoms with Gasteiger partial charge in [0.1, 0.15) is 24.3 Å². The number of aliphatic hydroxyl groups excluding tert-OH is 1. The maximum absolute atomic E-state index is 14.1. The minimum Gasteiger partial charge on any atom is -0.507 e. The standard InChI is InChI=1S/C41H46N8O6S/c1-23(2)36(40(53)49-21-29(50)18-32(49)39(52)45-41(4,5)27-12-10-25(11-13-27)37-24(3)43-22-56-37)34-19-35(48-55-34)54-15-14-42-20-28-16-26-17-31(46-47-38(26)44-28)30-8-6-7-9-33(30)51/h6-13,16-17,19,22-23,29,32,36,42,50-51H,14-15,18,20-21H2,1-5H3,(H,44,47)(H,45,52)/t29-,32+,36?/m1/s1. The molecule has 4 aromatic heterocycles. The molecule has 1 aliphatic heterocycles. The molecule has 0 radical (unpaired) electrons. The number of nitrogens with zero attached hydrogens (tertiary/aromatic N) is 5. The zero-order valence-electron chi connectivity index (χ0n) is 31.9. The zero-order chi connectivity index (χ0) is 39.6. The molecule has 0 saturated carbocycles. The molecule has 5 N–H and O–H groups in total. The second kappa shape index (κ2) is 16.2. The number of aryl methyl sites for hydroxylation is 1. The fourth-order valence-corrected chi connectivity index (χ4v) is 7.96. The number of aliphatic hydroxyl groups is 1. The van der Waals surface area contributed by atoms with E-state index in [1.54, 1.807) is 35.6 Å². The van der Waals surface area contributed by atoms with Crippen LogP contribution >= 0.6 is 11.3 Å². The van der Waals surface area contributed by atoms with Crippen molar-refractivity contribution in [2.45, 2.75) is 71.2 Å². The summed E-state index contributed by atoms with van der Waals surface area (Å²) in [6.45, 7) is 11.0. The third kappa shape index (κ3) is 8.29. The number of aromatic nitrogens is 5. The van der Waals surface area contributed by atoms with E-state index < -0.39 is 23.6 Å². The fourth-order valence-electron chi connectivity index (χ4n) is 7.14. The van der Waals surface area contributed by atoms with Crippen LogP contribution in [-0.2, 0) is 21.7 Å². The lowest BCUT2D eigenvalue weighted by Gasteiger charge is -2.32. The van der Waals surface area contributed by atoms with Gasteiger partial charge in [0.15, 0.2) is 11.4 Å². The molecule has 1 unspecified atom stereocenters. The van der Waals surface area contributed by atoms with E-state index in [1.807, 2.05) is 82.6 Å². The Balaban J connectivity index is 0.934. The van der Waals surface area contributed by atoms with Gasteiger partial charge in [-0.2, -0.15) is 0 Å². The number of hydrogen-bond donors (Lipinski definition) is 5. The number of rotatable bonds is 14. The summed E-state index contributed by atoms with van der Waals surface area (Å²) in [5.41, 5.74) is 6.77. The van der Waals surface area contributed by atoms with Gasteiger partial charge in [0, 0.05) is 48.8 Å². The van der Waals surface area contributed by atoms with Crippen LogP contribution in [0.2, 0.25) is 0 Å². The second-order valence-corrected chi connectivity index (χ2v) is 15.9. The number of β-amino-alcohol motifs (C(OH)–C–C–N with tert-alkyl or cyclic N) is 1. The highest BCUT2D eigenvalue weighted by Gasteiger charge is 2.44. The van der Waals surface area contributed by atoms with Gasteiger partial charge in [0.25, 0.3) is 5.88 Å². The van der Waals surface area contributed by atoms with E-state index >= 15 is 0 Å². The van der Waals surface area contributed by atoms with Crippen LogP contribution in [0.25, 0.3) is 32.7 Å². The number of H-pyrrole nitrogens is 1. The van der Waals surface area contributed by atoms with E-state index in [-0.39, 0.29) is 48.9 Å². The predicted molar refractivity (Wildman–Crippen MR) is 212 cm³/mol. The molecule has 0 bridgehead atoms. The van der Waals surface area contributed by atoms with Gasteiger partial charge in [-0.15, -0.1) is 21.5 Å². The maximum Gasteiger partial charge on any atom is 0.254 e. The number of carbonyl (C=O) groups excluding carboxylic acids is 2. The van der Waals surface area contributed by atoms with Crippen molar-refractivity contribution in [1.29, 1.82) is 0 Å². The summed E-state index contributed by atoms with van der Waals surface area (Å²) < 4.78 is 11.5. The topological polar surface area (TPSA) is 192 Å². The van der Waals surface area contributed by atoms with Crippen molar-refractivity contribution >= 4 is 34.2 Å². The molecule has 7 rings (SSSR count). The minimum absolute atomic E-state index is 0.0351. The van der Waals surface area contributed by atoms with Crippen LogP contribution < -0.4 is 15.4 Å². The van der Waals surface area contributed by atoms with E-state index in [9.17, 15) is 19.8 Å². The summed E-state index contributed by atoms with van der Waals surface area (Å²) in [5, 5.41) is 40.8. The highest BCUT2D eigenvalue weighted by atomic mass is 32.1. The van der Waals surface area contributed by atoms with Crippen molar-refractivity contribution in [3.63, 3.8) is 0 Å². The lowest BCUT2D eigenvalue weighted by Crippen LogP contribution is -2.52. The number of aromatic hydroxyl groups is 1. The Labute approximate surface area is 328 Å². The van der Waals surface area contributed by atoms with Crippen molar-refractivity contribution < 1.29 is 29.1 Å². The van der Waals surface area contributed by atoms with Gasteiger partial charge in [0.2, 0.25) is 11.8 Å². The lowest BCUT2D eigenvalue weighted by molar-refractivity contribution is -0.141. The summed E-state index contributed by atoms with van der Waals surface area (Å²) in [6, 6.07) is 19.7. The molecule has 0 aliphatic carbocycles. The SMILES string of the molecule is Cc1ncsc1-c1ccc(C(C)(C)NC(=O)[C@@H]2C[C@@H](O)CN2C(=O)C(c2cc(OCCNCc3cc4cc(-c5ccccc5O)nnc4[nH]3)no2)C(C)C)cc1. The number of phenolic OH excluding ortho intramolecular Hbond substituents is 1. The smallest absolute Gasteiger partial charge is 0.254 e. The molecule has 1 saturated heterocycles. The number of benzene rings is 2. The minimum atomic E-state index is -0.856. The number of carbonyl (C=O) groups is 2. The molecule has 2 aromatic carbocycles. The summed E-state index contributed by atoms with van der Waals surface area (Å²) in [5.74, 6) is -0.884. The number of ether oxygens (including phenoxy) is 1. The summed E-state index contributed by atoms with van der Waals surface area (Å²) in [4.78, 5) is 38.1. The Bertz CT molecular complexity index is 2320. The van der Waals surface area contributed by atoms with Crippen molar-refractivity contribution in [3.05, 3.63) is 95.0 Å². The number of hydrogen-bond acceptors (Lipinski definition) is 12. The normalized spacial score (nSPS) is 16.4. The molecule has 5 heterocycles. The van der Waals surface area contributed by atoms with E-state index in [0.29, 0.717) is 35.8 Å². The van der Waals surface area contributed by atoms with Gasteiger partial charge in [-0.25, -0.2) is 4.98 Å². The van der Waals surface area contributed by atoms with Crippen LogP contribution in [0.3, 0.4) is 0 Å². The first-order valence-electron chi connectivity index (χ1n) is 18.6. The molecular formula is C41H46N8O6S. The van der Waals surface area contributed by atoms with Crippen LogP contribution in [0.4, 0.5) is 0 Å². The van der Waals surface area contributed by atoms with Gasteiger partial charge < -0.3 is 40.0 Å². The Morgan fingerprint density at radius 2 is 1.89 bits per heavy atom. The highest BCUT2D eigenvalue weighted by Crippen LogP contribution is 2.34. The number of thiazole rings is 1. The van der Waals surface area contributed by atoms with Crippen molar-refractivity contribution in [2.75, 3.05) is 19.7 Å². The first kappa shape index (κ1) is 38.6. The number of likely N-dealkylation sites (tertiary alicyclic amines) is 1. The molecule has 3 atom stereocenters. The van der Waals surface area contributed by atoms with Gasteiger partial charge in [-0.1, -0.05) is 50.2 Å². The molecule has 2 amide bonds. The van der Waals surface area contributed by atoms with E-state index in [1.165, 1.54) is 4.90 Å². The zero-order valence-corrected chi connectivity index (χ0v) is 32.8. The number of aromatic amines is 1. The third-order valence-corrected chi connectivity index (χ3v) is 11.1. The number of phenols is 1. The number of fused-ring (bicyclic) bond motifs is 1. The van der Waals surface area contributed by atoms with Crippen LogP contribution in [0.1, 0.15) is 62.7 Å². The summed E-state index contributed by atoms with van der Waals surface area (Å²) in [6.07, 6.45) is -0.711. The summed E-state index contributed by atoms with van der Waals surface area (Å²) >= 11 is 1.58. The van der Waals surface area contributed by atoms with E-state index in [4.69, 9.17) is 9.26 Å². The first-order chi connectivity index (χ1) is 26.9. The van der Waals surface area contributed by atoms with Gasteiger partial charge in [-0.05, 0) is 67.2 Å². The number of amides is 2. The van der Waals surface area contributed by atoms with Crippen molar-refractivity contribution in [2.24, 2.45) is 5.92 Å². The molecule has 14 nitrogen and oxygen atoms in total. The van der Waals surface area contributed by atoms with E-state index in [2.05, 4.69) is 36.0 Å². The molecule has 292 valence electrons. The van der Waals surface area contributed by atoms with Crippen LogP contribution in [0, 0.1) is 12.8 Å². The van der Waals surface area contributed by atoms with Crippen molar-refractivity contribution in [1.82, 2.24) is 40.9 Å². The van der Waals surface area contributed by atoms with Gasteiger partial charge >= 0.3 is 0 Å². The van der Waals surface area contributed by atoms with Crippen LogP contribution in [0.15, 0.2) is 76.8 Å². The summed E-state index contributed by atoms with van der Waals surface area (Å²) in [7, 11) is 0. The Morgan fingerprint density at radius 3 is 2.62 bits per heavy atom. The van der Waals surface area contributed by atoms with Gasteiger partial charge in [0.05, 0.1) is 33.4 Å².